The SMILES string of the molecule is Cc1cc2sc3ccccc3c2cc1N1C=CN(C(=O)OCc2ccccc2)C1C. The van der Waals surface area contributed by atoms with Crippen LogP contribution in [0.1, 0.15) is 18.1 Å². The van der Waals surface area contributed by atoms with Gasteiger partial charge in [-0.2, -0.15) is 0 Å². The van der Waals surface area contributed by atoms with Gasteiger partial charge in [-0.15, -0.1) is 11.3 Å². The standard InChI is InChI=1S/C25H22N2O2S/c1-17-14-24-21(20-10-6-7-11-23(20)30-24)15-22(17)26-12-13-27(18(26)2)25(28)29-16-19-8-4-3-5-9-19/h3-15,18H,16H2,1-2H3. The molecule has 0 saturated heterocycles. The van der Waals surface area contributed by atoms with E-state index in [1.54, 1.807) is 11.1 Å². The molecule has 1 amide bonds. The van der Waals surface area contributed by atoms with Crippen molar-refractivity contribution in [2.24, 2.45) is 0 Å². The molecule has 0 radical (unpaired) electrons. The van der Waals surface area contributed by atoms with Crippen molar-refractivity contribution in [1.29, 1.82) is 0 Å². The van der Waals surface area contributed by atoms with Gasteiger partial charge in [-0.05, 0) is 43.2 Å². The first kappa shape index (κ1) is 18.7. The van der Waals surface area contributed by atoms with Crippen molar-refractivity contribution >= 4 is 43.3 Å². The van der Waals surface area contributed by atoms with Crippen LogP contribution in [0.15, 0.2) is 79.1 Å². The average molecular weight is 415 g/mol. The Morgan fingerprint density at radius 2 is 1.73 bits per heavy atom. The molecule has 1 atom stereocenters. The molecule has 1 aliphatic heterocycles. The molecule has 5 rings (SSSR count). The predicted octanol–water partition coefficient (Wildman–Crippen LogP) is 6.64. The number of benzene rings is 3. The van der Waals surface area contributed by atoms with E-state index in [2.05, 4.69) is 48.2 Å². The Labute approximate surface area is 179 Å². The van der Waals surface area contributed by atoms with Gasteiger partial charge in [0.15, 0.2) is 0 Å². The number of carbonyl (C=O) groups is 1. The monoisotopic (exact) mass is 414 g/mol. The van der Waals surface area contributed by atoms with Gasteiger partial charge in [0.05, 0.1) is 0 Å². The van der Waals surface area contributed by atoms with E-state index in [0.717, 1.165) is 11.3 Å². The lowest BCUT2D eigenvalue weighted by molar-refractivity contribution is 0.104. The molecule has 0 spiro atoms. The number of ether oxygens (including phenoxy) is 1. The summed E-state index contributed by atoms with van der Waals surface area (Å²) in [7, 11) is 0. The minimum atomic E-state index is -0.343. The summed E-state index contributed by atoms with van der Waals surface area (Å²) in [6.45, 7) is 4.40. The molecule has 0 aliphatic carbocycles. The molecule has 150 valence electrons. The zero-order chi connectivity index (χ0) is 20.7. The highest BCUT2D eigenvalue weighted by Gasteiger charge is 2.30. The first-order chi connectivity index (χ1) is 14.6. The second-order valence-corrected chi connectivity index (χ2v) is 8.60. The molecule has 4 nitrogen and oxygen atoms in total. The summed E-state index contributed by atoms with van der Waals surface area (Å²) in [5.41, 5.74) is 3.27. The number of aryl methyl sites for hydroxylation is 1. The third-order valence-electron chi connectivity index (χ3n) is 5.58. The summed E-state index contributed by atoms with van der Waals surface area (Å²) in [6, 6.07) is 22.7. The molecule has 1 aromatic heterocycles. The highest BCUT2D eigenvalue weighted by Crippen LogP contribution is 2.39. The summed E-state index contributed by atoms with van der Waals surface area (Å²) in [5.74, 6) is 0. The Bertz CT molecular complexity index is 1260. The van der Waals surface area contributed by atoms with Crippen LogP contribution in [0.2, 0.25) is 0 Å². The van der Waals surface area contributed by atoms with Gasteiger partial charge in [0, 0.05) is 38.3 Å². The Kier molecular flexibility index (Phi) is 4.68. The zero-order valence-electron chi connectivity index (χ0n) is 16.9. The normalized spacial score (nSPS) is 16.0. The second kappa shape index (κ2) is 7.50. The number of rotatable bonds is 3. The number of carbonyl (C=O) groups excluding carboxylic acids is 1. The maximum absolute atomic E-state index is 12.7. The number of thiophene rings is 1. The summed E-state index contributed by atoms with van der Waals surface area (Å²) < 4.78 is 8.10. The summed E-state index contributed by atoms with van der Waals surface area (Å²) in [4.78, 5) is 16.4. The molecule has 1 aliphatic rings. The van der Waals surface area contributed by atoms with Crippen LogP contribution >= 0.6 is 11.3 Å². The van der Waals surface area contributed by atoms with Crippen molar-refractivity contribution in [2.75, 3.05) is 4.90 Å². The van der Waals surface area contributed by atoms with Gasteiger partial charge in [0.1, 0.15) is 12.8 Å². The van der Waals surface area contributed by atoms with Crippen LogP contribution < -0.4 is 4.90 Å². The van der Waals surface area contributed by atoms with E-state index in [4.69, 9.17) is 4.74 Å². The Morgan fingerprint density at radius 1 is 0.967 bits per heavy atom. The fourth-order valence-corrected chi connectivity index (χ4v) is 5.14. The Balaban J connectivity index is 1.39. The average Bonchev–Trinajstić information content (AvgIpc) is 3.32. The van der Waals surface area contributed by atoms with Crippen molar-refractivity contribution in [1.82, 2.24) is 4.90 Å². The topological polar surface area (TPSA) is 32.8 Å². The van der Waals surface area contributed by atoms with Gasteiger partial charge in [0.25, 0.3) is 0 Å². The molecule has 3 aromatic carbocycles. The van der Waals surface area contributed by atoms with Crippen LogP contribution in [-0.4, -0.2) is 17.2 Å². The van der Waals surface area contributed by atoms with Crippen molar-refractivity contribution in [3.8, 4) is 0 Å². The maximum atomic E-state index is 12.7. The lowest BCUT2D eigenvalue weighted by Gasteiger charge is -2.29. The fourth-order valence-electron chi connectivity index (χ4n) is 3.96. The highest BCUT2D eigenvalue weighted by atomic mass is 32.1. The van der Waals surface area contributed by atoms with Crippen LogP contribution in [0.3, 0.4) is 0 Å². The first-order valence-corrected chi connectivity index (χ1v) is 10.8. The molecule has 5 heteroatoms. The number of amides is 1. The molecular formula is C25H22N2O2S. The summed E-state index contributed by atoms with van der Waals surface area (Å²) >= 11 is 1.82. The van der Waals surface area contributed by atoms with E-state index in [0.29, 0.717) is 0 Å². The minimum Gasteiger partial charge on any atom is -0.444 e. The van der Waals surface area contributed by atoms with E-state index < -0.39 is 0 Å². The largest absolute Gasteiger partial charge is 0.444 e. The third-order valence-corrected chi connectivity index (χ3v) is 6.72. The van der Waals surface area contributed by atoms with Crippen molar-refractivity contribution in [2.45, 2.75) is 26.6 Å². The molecule has 30 heavy (non-hydrogen) atoms. The zero-order valence-corrected chi connectivity index (χ0v) is 17.7. The molecular weight excluding hydrogens is 392 g/mol. The van der Waals surface area contributed by atoms with Crippen molar-refractivity contribution in [3.63, 3.8) is 0 Å². The number of hydrogen-bond acceptors (Lipinski definition) is 4. The van der Waals surface area contributed by atoms with Crippen LogP contribution in [-0.2, 0) is 11.3 Å². The maximum Gasteiger partial charge on any atom is 0.415 e. The second-order valence-electron chi connectivity index (χ2n) is 7.52. The molecule has 4 aromatic rings. The van der Waals surface area contributed by atoms with E-state index >= 15 is 0 Å². The Morgan fingerprint density at radius 3 is 2.57 bits per heavy atom. The van der Waals surface area contributed by atoms with E-state index in [1.165, 1.54) is 25.7 Å². The van der Waals surface area contributed by atoms with Crippen LogP contribution in [0, 0.1) is 6.92 Å². The smallest absolute Gasteiger partial charge is 0.415 e. The van der Waals surface area contributed by atoms with E-state index in [9.17, 15) is 4.79 Å². The van der Waals surface area contributed by atoms with Gasteiger partial charge in [-0.3, -0.25) is 4.90 Å². The van der Waals surface area contributed by atoms with Gasteiger partial charge < -0.3 is 9.64 Å². The third kappa shape index (κ3) is 3.21. The first-order valence-electron chi connectivity index (χ1n) is 9.99. The number of anilines is 1. The summed E-state index contributed by atoms with van der Waals surface area (Å²) in [5, 5.41) is 2.52. The van der Waals surface area contributed by atoms with Crippen molar-refractivity contribution in [3.05, 3.63) is 90.3 Å². The molecule has 2 heterocycles. The van der Waals surface area contributed by atoms with E-state index in [1.807, 2.05) is 54.8 Å². The lowest BCUT2D eigenvalue weighted by Crippen LogP contribution is -2.40. The Hall–Kier alpha value is -3.31. The molecule has 0 N–H and O–H groups in total. The quantitative estimate of drug-likeness (QED) is 0.377. The number of nitrogens with zero attached hydrogens (tertiary/aromatic N) is 2. The molecule has 0 saturated carbocycles. The molecule has 0 fully saturated rings. The summed E-state index contributed by atoms with van der Waals surface area (Å²) in [6.07, 6.45) is 3.25. The highest BCUT2D eigenvalue weighted by molar-refractivity contribution is 7.25. The van der Waals surface area contributed by atoms with Crippen LogP contribution in [0.4, 0.5) is 10.5 Å². The van der Waals surface area contributed by atoms with Gasteiger partial charge >= 0.3 is 6.09 Å². The van der Waals surface area contributed by atoms with Gasteiger partial charge in [-0.25, -0.2) is 4.79 Å². The van der Waals surface area contributed by atoms with E-state index in [-0.39, 0.29) is 18.9 Å². The van der Waals surface area contributed by atoms with Crippen LogP contribution in [0.5, 0.6) is 0 Å². The lowest BCUT2D eigenvalue weighted by atomic mass is 10.1. The van der Waals surface area contributed by atoms with Gasteiger partial charge in [-0.1, -0.05) is 48.5 Å². The number of hydrogen-bond donors (Lipinski definition) is 0. The minimum absolute atomic E-state index is 0.158. The molecule has 0 bridgehead atoms. The van der Waals surface area contributed by atoms with Gasteiger partial charge in [0.2, 0.25) is 0 Å². The fraction of sp³-hybridized carbons (Fsp3) is 0.160. The number of fused-ring (bicyclic) bond motifs is 3. The predicted molar refractivity (Wildman–Crippen MR) is 124 cm³/mol. The van der Waals surface area contributed by atoms with Crippen LogP contribution in [0.25, 0.3) is 20.2 Å². The molecule has 1 unspecified atom stereocenters. The van der Waals surface area contributed by atoms with Crippen molar-refractivity contribution < 1.29 is 9.53 Å².